The molecule has 51 heavy (non-hydrogen) atoms. The van der Waals surface area contributed by atoms with Crippen LogP contribution in [0.25, 0.3) is 22.3 Å². The van der Waals surface area contributed by atoms with Gasteiger partial charge in [-0.2, -0.15) is 0 Å². The van der Waals surface area contributed by atoms with Gasteiger partial charge in [-0.3, -0.25) is 0 Å². The van der Waals surface area contributed by atoms with Crippen LogP contribution in [-0.2, 0) is 10.8 Å². The van der Waals surface area contributed by atoms with E-state index in [1.165, 1.54) is 50.1 Å². The quantitative estimate of drug-likeness (QED) is 0.180. The molecule has 0 amide bonds. The van der Waals surface area contributed by atoms with Gasteiger partial charge in [-0.05, 0) is 73.8 Å². The average molecular weight is 651 g/mol. The molecule has 1 heteroatoms. The molecular weight excluding hydrogens is 617 g/mol. The van der Waals surface area contributed by atoms with Crippen molar-refractivity contribution >= 4 is 0 Å². The summed E-state index contributed by atoms with van der Waals surface area (Å²) in [5, 5.41) is 0. The van der Waals surface area contributed by atoms with Crippen LogP contribution in [0.15, 0.2) is 206 Å². The Kier molecular flexibility index (Phi) is 6.69. The van der Waals surface area contributed by atoms with Crippen molar-refractivity contribution in [1.29, 1.82) is 0 Å². The summed E-state index contributed by atoms with van der Waals surface area (Å²) >= 11 is 0. The first-order valence-electron chi connectivity index (χ1n) is 17.7. The van der Waals surface area contributed by atoms with Gasteiger partial charge in [0.15, 0.2) is 0 Å². The zero-order valence-electron chi connectivity index (χ0n) is 28.0. The van der Waals surface area contributed by atoms with Crippen molar-refractivity contribution in [2.75, 3.05) is 0 Å². The molecular formula is C50H34O. The summed E-state index contributed by atoms with van der Waals surface area (Å²) in [5.74, 6) is 1.75. The van der Waals surface area contributed by atoms with Crippen molar-refractivity contribution in [3.63, 3.8) is 0 Å². The Labute approximate surface area is 299 Å². The van der Waals surface area contributed by atoms with E-state index in [9.17, 15) is 0 Å². The summed E-state index contributed by atoms with van der Waals surface area (Å²) in [6, 6.07) is 75.2. The molecule has 240 valence electrons. The fourth-order valence-electron chi connectivity index (χ4n) is 9.12. The van der Waals surface area contributed by atoms with E-state index in [0.29, 0.717) is 0 Å². The van der Waals surface area contributed by atoms with Crippen molar-refractivity contribution in [3.05, 3.63) is 251 Å². The van der Waals surface area contributed by atoms with Gasteiger partial charge in [-0.25, -0.2) is 0 Å². The van der Waals surface area contributed by atoms with Crippen LogP contribution in [-0.4, -0.2) is 0 Å². The molecule has 0 N–H and O–H groups in total. The molecule has 0 saturated heterocycles. The molecule has 8 aromatic carbocycles. The maximum absolute atomic E-state index is 6.78. The molecule has 0 unspecified atom stereocenters. The third kappa shape index (κ3) is 4.16. The van der Waals surface area contributed by atoms with Gasteiger partial charge in [0.05, 0.1) is 10.8 Å². The van der Waals surface area contributed by atoms with E-state index in [4.69, 9.17) is 4.74 Å². The molecule has 2 aliphatic rings. The minimum Gasteiger partial charge on any atom is -0.457 e. The zero-order valence-corrected chi connectivity index (χ0v) is 28.0. The molecule has 0 radical (unpaired) electrons. The molecule has 0 spiro atoms. The van der Waals surface area contributed by atoms with Gasteiger partial charge in [0.25, 0.3) is 0 Å². The van der Waals surface area contributed by atoms with Gasteiger partial charge in [-0.15, -0.1) is 0 Å². The standard InChI is InChI=1S/C50H34O/c1-4-18-36(19-5-1)49(37-20-6-2-7-21-37)45-30-16-17-31-47(45)51-48-33-32-35(34-46(48)49)39-24-10-13-27-42(39)50(38-22-8-3-9-23-38)43-28-14-11-25-40(43)41-26-12-15-29-44(41)50/h1-34H. The van der Waals surface area contributed by atoms with Crippen molar-refractivity contribution in [3.8, 4) is 33.8 Å². The van der Waals surface area contributed by atoms with E-state index in [0.717, 1.165) is 28.2 Å². The van der Waals surface area contributed by atoms with E-state index in [-0.39, 0.29) is 0 Å². The highest BCUT2D eigenvalue weighted by atomic mass is 16.5. The number of para-hydroxylation sites is 1. The van der Waals surface area contributed by atoms with E-state index >= 15 is 0 Å². The number of benzene rings is 8. The second kappa shape index (κ2) is 11.6. The fraction of sp³-hybridized carbons (Fsp3) is 0.0400. The maximum Gasteiger partial charge on any atom is 0.132 e. The third-order valence-electron chi connectivity index (χ3n) is 11.1. The van der Waals surface area contributed by atoms with Crippen molar-refractivity contribution in [2.45, 2.75) is 10.8 Å². The van der Waals surface area contributed by atoms with Gasteiger partial charge in [0.1, 0.15) is 11.5 Å². The average Bonchev–Trinajstić information content (AvgIpc) is 3.52. The van der Waals surface area contributed by atoms with E-state index in [1.54, 1.807) is 0 Å². The lowest BCUT2D eigenvalue weighted by molar-refractivity contribution is 0.434. The normalized spacial score (nSPS) is 14.4. The highest BCUT2D eigenvalue weighted by Gasteiger charge is 2.48. The highest BCUT2D eigenvalue weighted by molar-refractivity contribution is 5.89. The Morgan fingerprint density at radius 3 is 1.22 bits per heavy atom. The van der Waals surface area contributed by atoms with Crippen LogP contribution in [0.3, 0.4) is 0 Å². The molecule has 1 aliphatic carbocycles. The van der Waals surface area contributed by atoms with Crippen LogP contribution in [0.5, 0.6) is 11.5 Å². The van der Waals surface area contributed by atoms with Crippen LogP contribution in [0.1, 0.15) is 44.5 Å². The molecule has 1 nitrogen and oxygen atoms in total. The van der Waals surface area contributed by atoms with E-state index in [2.05, 4.69) is 206 Å². The van der Waals surface area contributed by atoms with Crippen LogP contribution in [0, 0.1) is 0 Å². The van der Waals surface area contributed by atoms with Crippen LogP contribution < -0.4 is 4.74 Å². The van der Waals surface area contributed by atoms with Gasteiger partial charge in [0.2, 0.25) is 0 Å². The van der Waals surface area contributed by atoms with Crippen molar-refractivity contribution in [2.24, 2.45) is 0 Å². The summed E-state index contributed by atoms with van der Waals surface area (Å²) in [6.07, 6.45) is 0. The number of rotatable bonds is 5. The number of hydrogen-bond donors (Lipinski definition) is 0. The largest absolute Gasteiger partial charge is 0.457 e. The first-order chi connectivity index (χ1) is 25.3. The van der Waals surface area contributed by atoms with Crippen LogP contribution >= 0.6 is 0 Å². The predicted octanol–water partition coefficient (Wildman–Crippen LogP) is 12.2. The molecule has 0 atom stereocenters. The minimum absolute atomic E-state index is 0.514. The Balaban J connectivity index is 1.29. The topological polar surface area (TPSA) is 9.23 Å². The lowest BCUT2D eigenvalue weighted by atomic mass is 9.63. The second-order valence-corrected chi connectivity index (χ2v) is 13.5. The molecule has 10 rings (SSSR count). The summed E-state index contributed by atoms with van der Waals surface area (Å²) in [5.41, 5.74) is 13.6. The molecule has 1 heterocycles. The number of fused-ring (bicyclic) bond motifs is 5. The Bertz CT molecular complexity index is 2460. The Morgan fingerprint density at radius 2 is 0.667 bits per heavy atom. The monoisotopic (exact) mass is 650 g/mol. The smallest absolute Gasteiger partial charge is 0.132 e. The van der Waals surface area contributed by atoms with Gasteiger partial charge in [-0.1, -0.05) is 188 Å². The number of ether oxygens (including phenoxy) is 1. The summed E-state index contributed by atoms with van der Waals surface area (Å²) in [7, 11) is 0. The SMILES string of the molecule is c1ccc(C2(c3ccccc3)c3ccccc3Oc3ccc(-c4ccccc4C4(c5ccccc5)c5ccccc5-c5ccccc54)cc32)cc1. The Hall–Kier alpha value is -6.44. The van der Waals surface area contributed by atoms with Gasteiger partial charge >= 0.3 is 0 Å². The maximum atomic E-state index is 6.78. The molecule has 0 saturated carbocycles. The zero-order chi connectivity index (χ0) is 33.8. The lowest BCUT2D eigenvalue weighted by Crippen LogP contribution is -2.34. The summed E-state index contributed by atoms with van der Waals surface area (Å²) in [6.45, 7) is 0. The van der Waals surface area contributed by atoms with Gasteiger partial charge < -0.3 is 4.74 Å². The molecule has 0 aromatic heterocycles. The minimum atomic E-state index is -0.596. The molecule has 8 aromatic rings. The predicted molar refractivity (Wildman–Crippen MR) is 208 cm³/mol. The molecule has 0 bridgehead atoms. The molecule has 0 fully saturated rings. The van der Waals surface area contributed by atoms with Gasteiger partial charge in [0, 0.05) is 11.1 Å². The second-order valence-electron chi connectivity index (χ2n) is 13.5. The summed E-state index contributed by atoms with van der Waals surface area (Å²) < 4.78 is 6.78. The van der Waals surface area contributed by atoms with E-state index < -0.39 is 10.8 Å². The lowest BCUT2D eigenvalue weighted by Gasteiger charge is -2.42. The summed E-state index contributed by atoms with van der Waals surface area (Å²) in [4.78, 5) is 0. The van der Waals surface area contributed by atoms with Crippen LogP contribution in [0.2, 0.25) is 0 Å². The van der Waals surface area contributed by atoms with Crippen molar-refractivity contribution in [1.82, 2.24) is 0 Å². The third-order valence-corrected chi connectivity index (χ3v) is 11.1. The van der Waals surface area contributed by atoms with Crippen molar-refractivity contribution < 1.29 is 4.74 Å². The number of hydrogen-bond acceptors (Lipinski definition) is 1. The Morgan fingerprint density at radius 1 is 0.275 bits per heavy atom. The molecule has 1 aliphatic heterocycles. The first-order valence-corrected chi connectivity index (χ1v) is 17.7. The fourth-order valence-corrected chi connectivity index (χ4v) is 9.12. The highest BCUT2D eigenvalue weighted by Crippen LogP contribution is 2.59. The first kappa shape index (κ1) is 29.5. The van der Waals surface area contributed by atoms with E-state index in [1.807, 2.05) is 0 Å². The van der Waals surface area contributed by atoms with Crippen LogP contribution in [0.4, 0.5) is 0 Å².